The quantitative estimate of drug-likeness (QED) is 0.525. The average Bonchev–Trinajstić information content (AvgIpc) is 3.14. The Bertz CT molecular complexity index is 921. The number of methoxy groups -OCH3 is 1. The molecule has 0 unspecified atom stereocenters. The maximum absolute atomic E-state index is 12.2. The predicted octanol–water partition coefficient (Wildman–Crippen LogP) is 1.51. The van der Waals surface area contributed by atoms with Crippen LogP contribution in [0.1, 0.15) is 16.2 Å². The lowest BCUT2D eigenvalue weighted by atomic mass is 10.2. The van der Waals surface area contributed by atoms with Crippen molar-refractivity contribution in [3.8, 4) is 11.4 Å². The van der Waals surface area contributed by atoms with Gasteiger partial charge in [-0.3, -0.25) is 14.9 Å². The maximum Gasteiger partial charge on any atom is 0.269 e. The highest BCUT2D eigenvalue weighted by Crippen LogP contribution is 2.15. The van der Waals surface area contributed by atoms with E-state index in [1.807, 2.05) is 0 Å². The van der Waals surface area contributed by atoms with Gasteiger partial charge in [0.15, 0.2) is 5.82 Å². The fourth-order valence-electron chi connectivity index (χ4n) is 2.24. The molecule has 3 aromatic rings. The maximum atomic E-state index is 12.2. The first-order chi connectivity index (χ1) is 12.6. The van der Waals surface area contributed by atoms with Crippen molar-refractivity contribution < 1.29 is 14.5 Å². The Hall–Kier alpha value is -3.82. The Kier molecular flexibility index (Phi) is 4.83. The van der Waals surface area contributed by atoms with E-state index in [4.69, 9.17) is 4.74 Å². The summed E-state index contributed by atoms with van der Waals surface area (Å²) in [6, 6.07) is 12.5. The summed E-state index contributed by atoms with van der Waals surface area (Å²) in [6.07, 6.45) is 0. The van der Waals surface area contributed by atoms with Gasteiger partial charge < -0.3 is 10.1 Å². The Morgan fingerprint density at radius 1 is 1.19 bits per heavy atom. The van der Waals surface area contributed by atoms with Crippen LogP contribution in [0.4, 0.5) is 5.69 Å². The summed E-state index contributed by atoms with van der Waals surface area (Å²) in [7, 11) is 1.57. The third-order valence-corrected chi connectivity index (χ3v) is 3.60. The molecule has 0 aliphatic carbocycles. The van der Waals surface area contributed by atoms with Crippen LogP contribution >= 0.6 is 0 Å². The van der Waals surface area contributed by atoms with Crippen LogP contribution in [0.15, 0.2) is 48.5 Å². The fraction of sp³-hybridized carbons (Fsp3) is 0.125. The summed E-state index contributed by atoms with van der Waals surface area (Å²) in [5, 5.41) is 24.8. The minimum absolute atomic E-state index is 0.0787. The number of ether oxygens (including phenoxy) is 1. The second kappa shape index (κ2) is 7.38. The smallest absolute Gasteiger partial charge is 0.269 e. The van der Waals surface area contributed by atoms with Crippen molar-refractivity contribution in [2.75, 3.05) is 7.11 Å². The number of aromatic nitrogens is 4. The Morgan fingerprint density at radius 2 is 1.88 bits per heavy atom. The molecule has 0 aliphatic heterocycles. The number of hydrogen-bond acceptors (Lipinski definition) is 7. The van der Waals surface area contributed by atoms with E-state index in [9.17, 15) is 14.9 Å². The summed E-state index contributed by atoms with van der Waals surface area (Å²) in [6.45, 7) is 0.0921. The van der Waals surface area contributed by atoms with E-state index < -0.39 is 4.92 Å². The van der Waals surface area contributed by atoms with E-state index in [2.05, 4.69) is 20.8 Å². The largest absolute Gasteiger partial charge is 0.497 e. The van der Waals surface area contributed by atoms with Crippen molar-refractivity contribution in [1.29, 1.82) is 0 Å². The highest BCUT2D eigenvalue weighted by atomic mass is 16.6. The first-order valence-electron chi connectivity index (χ1n) is 7.53. The number of carbonyl (C=O) groups excluding carboxylic acids is 1. The zero-order chi connectivity index (χ0) is 18.5. The van der Waals surface area contributed by atoms with Gasteiger partial charge in [0.2, 0.25) is 0 Å². The second-order valence-corrected chi connectivity index (χ2v) is 5.19. The van der Waals surface area contributed by atoms with E-state index in [0.717, 1.165) is 5.69 Å². The SMILES string of the molecule is COc1ccc(-n2nnnc2CNC(=O)c2ccc([N+](=O)[O-])cc2)cc1. The Morgan fingerprint density at radius 3 is 2.50 bits per heavy atom. The van der Waals surface area contributed by atoms with Crippen molar-refractivity contribution in [1.82, 2.24) is 25.5 Å². The molecule has 0 aliphatic rings. The number of hydrogen-bond donors (Lipinski definition) is 1. The van der Waals surface area contributed by atoms with Gasteiger partial charge >= 0.3 is 0 Å². The summed E-state index contributed by atoms with van der Waals surface area (Å²) >= 11 is 0. The first kappa shape index (κ1) is 17.0. The molecule has 1 amide bonds. The van der Waals surface area contributed by atoms with Gasteiger partial charge in [-0.2, -0.15) is 4.68 Å². The summed E-state index contributed by atoms with van der Waals surface area (Å²) < 4.78 is 6.60. The molecular weight excluding hydrogens is 340 g/mol. The second-order valence-electron chi connectivity index (χ2n) is 5.19. The van der Waals surface area contributed by atoms with Gasteiger partial charge in [-0.1, -0.05) is 0 Å². The minimum atomic E-state index is -0.523. The molecule has 1 N–H and O–H groups in total. The first-order valence-corrected chi connectivity index (χ1v) is 7.53. The normalized spacial score (nSPS) is 10.3. The molecule has 1 aromatic heterocycles. The molecule has 10 nitrogen and oxygen atoms in total. The number of nitrogens with zero attached hydrogens (tertiary/aromatic N) is 5. The number of nitro benzene ring substituents is 1. The zero-order valence-electron chi connectivity index (χ0n) is 13.7. The van der Waals surface area contributed by atoms with E-state index in [1.54, 1.807) is 31.4 Å². The number of carbonyl (C=O) groups is 1. The van der Waals surface area contributed by atoms with Gasteiger partial charge in [0.05, 0.1) is 24.3 Å². The topological polar surface area (TPSA) is 125 Å². The van der Waals surface area contributed by atoms with Crippen LogP contribution in [0.3, 0.4) is 0 Å². The summed E-state index contributed by atoms with van der Waals surface area (Å²) in [4.78, 5) is 22.3. The molecular formula is C16H14N6O4. The molecule has 132 valence electrons. The van der Waals surface area contributed by atoms with Crippen LogP contribution < -0.4 is 10.1 Å². The number of benzene rings is 2. The minimum Gasteiger partial charge on any atom is -0.497 e. The number of nitrogens with one attached hydrogen (secondary N) is 1. The van der Waals surface area contributed by atoms with Crippen molar-refractivity contribution in [3.63, 3.8) is 0 Å². The van der Waals surface area contributed by atoms with Crippen molar-refractivity contribution in [2.45, 2.75) is 6.54 Å². The van der Waals surface area contributed by atoms with Crippen LogP contribution in [-0.4, -0.2) is 38.1 Å². The standard InChI is InChI=1S/C16H14N6O4/c1-26-14-8-6-12(7-9-14)21-15(18-19-20-21)10-17-16(23)11-2-4-13(5-3-11)22(24)25/h2-9H,10H2,1H3,(H,17,23). The molecule has 2 aromatic carbocycles. The molecule has 0 saturated carbocycles. The molecule has 10 heteroatoms. The highest BCUT2D eigenvalue weighted by molar-refractivity contribution is 5.94. The number of non-ortho nitro benzene ring substituents is 1. The predicted molar refractivity (Wildman–Crippen MR) is 90.0 cm³/mol. The molecule has 0 bridgehead atoms. The molecule has 0 saturated heterocycles. The monoisotopic (exact) mass is 354 g/mol. The Balaban J connectivity index is 1.69. The molecule has 0 atom stereocenters. The highest BCUT2D eigenvalue weighted by Gasteiger charge is 2.12. The van der Waals surface area contributed by atoms with Crippen molar-refractivity contribution >= 4 is 11.6 Å². The van der Waals surface area contributed by atoms with E-state index in [1.165, 1.54) is 28.9 Å². The number of tetrazole rings is 1. The van der Waals surface area contributed by atoms with Crippen molar-refractivity contribution in [2.24, 2.45) is 0 Å². The Labute approximate surface area is 147 Å². The third-order valence-electron chi connectivity index (χ3n) is 3.60. The number of nitro groups is 1. The van der Waals surface area contributed by atoms with E-state index in [-0.39, 0.29) is 18.1 Å². The van der Waals surface area contributed by atoms with Crippen LogP contribution in [0.2, 0.25) is 0 Å². The lowest BCUT2D eigenvalue weighted by Gasteiger charge is -2.07. The molecule has 0 spiro atoms. The fourth-order valence-corrected chi connectivity index (χ4v) is 2.24. The van der Waals surface area contributed by atoms with Gasteiger partial charge in [-0.15, -0.1) is 5.10 Å². The van der Waals surface area contributed by atoms with Crippen LogP contribution in [0.5, 0.6) is 5.75 Å². The summed E-state index contributed by atoms with van der Waals surface area (Å²) in [5.41, 5.74) is 0.944. The van der Waals surface area contributed by atoms with Crippen molar-refractivity contribution in [3.05, 3.63) is 70.0 Å². The van der Waals surface area contributed by atoms with Crippen LogP contribution in [0.25, 0.3) is 5.69 Å². The third kappa shape index (κ3) is 3.64. The zero-order valence-corrected chi connectivity index (χ0v) is 13.7. The average molecular weight is 354 g/mol. The lowest BCUT2D eigenvalue weighted by Crippen LogP contribution is -2.24. The molecule has 3 rings (SSSR count). The van der Waals surface area contributed by atoms with Gasteiger partial charge in [-0.25, -0.2) is 0 Å². The molecule has 0 radical (unpaired) electrons. The summed E-state index contributed by atoms with van der Waals surface area (Å²) in [5.74, 6) is 0.754. The van der Waals surface area contributed by atoms with E-state index in [0.29, 0.717) is 17.1 Å². The van der Waals surface area contributed by atoms with Crippen LogP contribution in [-0.2, 0) is 6.54 Å². The van der Waals surface area contributed by atoms with E-state index >= 15 is 0 Å². The molecule has 1 heterocycles. The molecule has 0 fully saturated rings. The van der Waals surface area contributed by atoms with Gasteiger partial charge in [0.25, 0.3) is 11.6 Å². The number of amides is 1. The van der Waals surface area contributed by atoms with Gasteiger partial charge in [0.1, 0.15) is 5.75 Å². The van der Waals surface area contributed by atoms with Gasteiger partial charge in [0, 0.05) is 17.7 Å². The lowest BCUT2D eigenvalue weighted by molar-refractivity contribution is -0.384. The molecule has 26 heavy (non-hydrogen) atoms. The van der Waals surface area contributed by atoms with Gasteiger partial charge in [-0.05, 0) is 46.8 Å². The number of rotatable bonds is 6. The van der Waals surface area contributed by atoms with Crippen LogP contribution in [0, 0.1) is 10.1 Å².